The lowest BCUT2D eigenvalue weighted by Crippen LogP contribution is -2.17. The molecule has 0 atom stereocenters. The Morgan fingerprint density at radius 2 is 1.68 bits per heavy atom. The van der Waals surface area contributed by atoms with Gasteiger partial charge in [0.15, 0.2) is 5.65 Å². The molecule has 3 rings (SSSR count). The SMILES string of the molecule is CCc1cc2c(C)nc(S(C)(=O)=O)nc2n1S(=O)(=O)c1ccccc1. The quantitative estimate of drug-likeness (QED) is 0.643. The minimum atomic E-state index is -3.91. The molecule has 132 valence electrons. The molecule has 0 saturated heterocycles. The molecule has 2 aromatic heterocycles. The van der Waals surface area contributed by atoms with Crippen LogP contribution in [0.15, 0.2) is 46.5 Å². The Kier molecular flexibility index (Phi) is 4.16. The minimum absolute atomic E-state index is 0.0774. The van der Waals surface area contributed by atoms with Crippen LogP contribution in [-0.2, 0) is 26.3 Å². The van der Waals surface area contributed by atoms with E-state index in [0.717, 1.165) is 10.2 Å². The standard InChI is InChI=1S/C16H17N3O4S2/c1-4-12-10-14-11(2)17-16(24(3,20)21)18-15(14)19(12)25(22,23)13-8-6-5-7-9-13/h5-10H,4H2,1-3H3. The molecule has 0 N–H and O–H groups in total. The van der Waals surface area contributed by atoms with Gasteiger partial charge >= 0.3 is 0 Å². The Bertz CT molecular complexity index is 1170. The van der Waals surface area contributed by atoms with Crippen LogP contribution in [-0.4, -0.2) is 37.0 Å². The largest absolute Gasteiger partial charge is 0.269 e. The summed E-state index contributed by atoms with van der Waals surface area (Å²) in [6.45, 7) is 3.46. The third kappa shape index (κ3) is 2.93. The smallest absolute Gasteiger partial charge is 0.223 e. The summed E-state index contributed by atoms with van der Waals surface area (Å²) < 4.78 is 51.0. The number of sulfone groups is 1. The van der Waals surface area contributed by atoms with Crippen LogP contribution in [0.1, 0.15) is 18.3 Å². The van der Waals surface area contributed by atoms with E-state index in [4.69, 9.17) is 0 Å². The number of benzene rings is 1. The number of hydrogen-bond acceptors (Lipinski definition) is 6. The van der Waals surface area contributed by atoms with E-state index in [9.17, 15) is 16.8 Å². The van der Waals surface area contributed by atoms with Crippen molar-refractivity contribution < 1.29 is 16.8 Å². The van der Waals surface area contributed by atoms with Crippen molar-refractivity contribution in [3.8, 4) is 0 Å². The van der Waals surface area contributed by atoms with Crippen molar-refractivity contribution in [2.45, 2.75) is 30.3 Å². The molecule has 7 nitrogen and oxygen atoms in total. The fraction of sp³-hybridized carbons (Fsp3) is 0.250. The molecule has 0 aliphatic heterocycles. The van der Waals surface area contributed by atoms with Gasteiger partial charge in [0.1, 0.15) is 0 Å². The van der Waals surface area contributed by atoms with E-state index < -0.39 is 19.9 Å². The van der Waals surface area contributed by atoms with Crippen molar-refractivity contribution in [2.75, 3.05) is 6.26 Å². The van der Waals surface area contributed by atoms with Crippen molar-refractivity contribution in [3.05, 3.63) is 47.8 Å². The third-order valence-electron chi connectivity index (χ3n) is 3.84. The first-order valence-electron chi connectivity index (χ1n) is 7.56. The van der Waals surface area contributed by atoms with E-state index in [0.29, 0.717) is 23.2 Å². The van der Waals surface area contributed by atoms with Gasteiger partial charge in [-0.1, -0.05) is 25.1 Å². The average molecular weight is 379 g/mol. The highest BCUT2D eigenvalue weighted by Crippen LogP contribution is 2.27. The second-order valence-corrected chi connectivity index (χ2v) is 9.37. The summed E-state index contributed by atoms with van der Waals surface area (Å²) in [5, 5.41) is 0.131. The molecular formula is C16H17N3O4S2. The molecule has 0 spiro atoms. The lowest BCUT2D eigenvalue weighted by atomic mass is 10.2. The van der Waals surface area contributed by atoms with E-state index in [1.54, 1.807) is 31.2 Å². The van der Waals surface area contributed by atoms with E-state index in [2.05, 4.69) is 9.97 Å². The highest BCUT2D eigenvalue weighted by atomic mass is 32.2. The number of rotatable bonds is 4. The number of hydrogen-bond donors (Lipinski definition) is 0. The summed E-state index contributed by atoms with van der Waals surface area (Å²) in [6, 6.07) is 9.66. The molecule has 3 aromatic rings. The zero-order chi connectivity index (χ0) is 18.4. The molecule has 0 saturated carbocycles. The molecule has 0 radical (unpaired) electrons. The fourth-order valence-electron chi connectivity index (χ4n) is 2.60. The summed E-state index contributed by atoms with van der Waals surface area (Å²) in [5.74, 6) is 0. The summed E-state index contributed by atoms with van der Waals surface area (Å²) in [4.78, 5) is 8.17. The average Bonchev–Trinajstić information content (AvgIpc) is 2.95. The number of nitrogens with zero attached hydrogens (tertiary/aromatic N) is 3. The fourth-order valence-corrected chi connectivity index (χ4v) is 4.73. The zero-order valence-electron chi connectivity index (χ0n) is 14.0. The number of aryl methyl sites for hydroxylation is 2. The van der Waals surface area contributed by atoms with Crippen molar-refractivity contribution in [1.29, 1.82) is 0 Å². The van der Waals surface area contributed by atoms with E-state index in [1.165, 1.54) is 12.1 Å². The van der Waals surface area contributed by atoms with Crippen molar-refractivity contribution in [1.82, 2.24) is 13.9 Å². The van der Waals surface area contributed by atoms with Gasteiger partial charge in [0, 0.05) is 17.3 Å². The molecule has 0 aliphatic carbocycles. The monoisotopic (exact) mass is 379 g/mol. The Morgan fingerprint density at radius 1 is 1.04 bits per heavy atom. The molecule has 1 aromatic carbocycles. The summed E-state index contributed by atoms with van der Waals surface area (Å²) in [5.41, 5.74) is 1.01. The van der Waals surface area contributed by atoms with Gasteiger partial charge in [0.05, 0.1) is 10.6 Å². The van der Waals surface area contributed by atoms with Crippen molar-refractivity contribution in [2.24, 2.45) is 0 Å². The third-order valence-corrected chi connectivity index (χ3v) is 6.44. The van der Waals surface area contributed by atoms with Crippen LogP contribution in [0.25, 0.3) is 11.0 Å². The van der Waals surface area contributed by atoms with Crippen LogP contribution >= 0.6 is 0 Å². The molecule has 0 amide bonds. The predicted molar refractivity (Wildman–Crippen MR) is 93.8 cm³/mol. The highest BCUT2D eigenvalue weighted by Gasteiger charge is 2.26. The summed E-state index contributed by atoms with van der Waals surface area (Å²) >= 11 is 0. The first kappa shape index (κ1) is 17.6. The van der Waals surface area contributed by atoms with Gasteiger partial charge in [-0.25, -0.2) is 25.8 Å². The molecule has 25 heavy (non-hydrogen) atoms. The van der Waals surface area contributed by atoms with Gasteiger partial charge < -0.3 is 0 Å². The normalized spacial score (nSPS) is 12.6. The number of aromatic nitrogens is 3. The Balaban J connectivity index is 2.44. The van der Waals surface area contributed by atoms with Crippen LogP contribution in [0, 0.1) is 6.92 Å². The van der Waals surface area contributed by atoms with Crippen molar-refractivity contribution >= 4 is 30.9 Å². The highest BCUT2D eigenvalue weighted by molar-refractivity contribution is 7.90. The molecule has 9 heteroatoms. The second-order valence-electron chi connectivity index (χ2n) is 5.67. The maximum Gasteiger partial charge on any atom is 0.269 e. The van der Waals surface area contributed by atoms with Crippen LogP contribution < -0.4 is 0 Å². The van der Waals surface area contributed by atoms with Gasteiger partial charge in [0.25, 0.3) is 10.0 Å². The Morgan fingerprint density at radius 3 is 2.24 bits per heavy atom. The lowest BCUT2D eigenvalue weighted by Gasteiger charge is -2.11. The Labute approximate surface area is 146 Å². The summed E-state index contributed by atoms with van der Waals surface area (Å²) in [7, 11) is -7.58. The van der Waals surface area contributed by atoms with Crippen LogP contribution in [0.4, 0.5) is 0 Å². The molecular weight excluding hydrogens is 362 g/mol. The predicted octanol–water partition coefficient (Wildman–Crippen LogP) is 1.94. The van der Waals surface area contributed by atoms with Gasteiger partial charge in [-0.05, 0) is 31.5 Å². The van der Waals surface area contributed by atoms with Gasteiger partial charge in [-0.15, -0.1) is 0 Å². The maximum absolute atomic E-state index is 13.1. The molecule has 0 unspecified atom stereocenters. The first-order valence-corrected chi connectivity index (χ1v) is 10.9. The second kappa shape index (κ2) is 5.92. The van der Waals surface area contributed by atoms with Gasteiger partial charge in [-0.3, -0.25) is 0 Å². The minimum Gasteiger partial charge on any atom is -0.223 e. The lowest BCUT2D eigenvalue weighted by molar-refractivity contribution is 0.584. The first-order chi connectivity index (χ1) is 11.7. The van der Waals surface area contributed by atoms with E-state index in [-0.39, 0.29) is 15.7 Å². The van der Waals surface area contributed by atoms with Crippen molar-refractivity contribution in [3.63, 3.8) is 0 Å². The van der Waals surface area contributed by atoms with Crippen LogP contribution in [0.5, 0.6) is 0 Å². The van der Waals surface area contributed by atoms with Crippen LogP contribution in [0.2, 0.25) is 0 Å². The van der Waals surface area contributed by atoms with Crippen LogP contribution in [0.3, 0.4) is 0 Å². The van der Waals surface area contributed by atoms with Gasteiger partial charge in [-0.2, -0.15) is 4.98 Å². The molecule has 0 aliphatic rings. The topological polar surface area (TPSA) is 99.0 Å². The number of fused-ring (bicyclic) bond motifs is 1. The zero-order valence-corrected chi connectivity index (χ0v) is 15.6. The van der Waals surface area contributed by atoms with E-state index >= 15 is 0 Å². The Hall–Kier alpha value is -2.26. The molecule has 0 bridgehead atoms. The maximum atomic E-state index is 13.1. The molecule has 2 heterocycles. The van der Waals surface area contributed by atoms with Gasteiger partial charge in [0.2, 0.25) is 15.0 Å². The van der Waals surface area contributed by atoms with E-state index in [1.807, 2.05) is 6.92 Å². The summed E-state index contributed by atoms with van der Waals surface area (Å²) in [6.07, 6.45) is 1.43. The molecule has 0 fully saturated rings.